The summed E-state index contributed by atoms with van der Waals surface area (Å²) in [6.07, 6.45) is 13.0. The van der Waals surface area contributed by atoms with Gasteiger partial charge in [0.25, 0.3) is 15.1 Å². The zero-order chi connectivity index (χ0) is 36.6. The van der Waals surface area contributed by atoms with Crippen molar-refractivity contribution in [1.29, 1.82) is 0 Å². The molecule has 0 radical (unpaired) electrons. The van der Waals surface area contributed by atoms with Crippen LogP contribution >= 0.6 is 46.3 Å². The smallest absolute Gasteiger partial charge is 0.264 e. The van der Waals surface area contributed by atoms with Gasteiger partial charge in [0, 0.05) is 64.6 Å². The third-order valence-corrected chi connectivity index (χ3v) is 13.6. The second kappa shape index (κ2) is 15.5. The lowest BCUT2D eigenvalue weighted by atomic mass is 9.90. The number of benzene rings is 3. The number of rotatable bonds is 12. The molecule has 15 heteroatoms. The number of fused-ring (bicyclic) bond motifs is 2. The maximum atomic E-state index is 11.6. The Bertz CT molecular complexity index is 2320. The van der Waals surface area contributed by atoms with Gasteiger partial charge < -0.3 is 14.4 Å². The van der Waals surface area contributed by atoms with Gasteiger partial charge >= 0.3 is 0 Å². The van der Waals surface area contributed by atoms with Crippen LogP contribution in [0, 0.1) is 0 Å². The van der Waals surface area contributed by atoms with Crippen LogP contribution in [-0.2, 0) is 39.6 Å². The average Bonchev–Trinajstić information content (AvgIpc) is 3.58. The number of thiazole rings is 1. The lowest BCUT2D eigenvalue weighted by Crippen LogP contribution is -2.36. The van der Waals surface area contributed by atoms with E-state index in [-0.39, 0.29) is 18.6 Å². The van der Waals surface area contributed by atoms with Crippen LogP contribution in [-0.4, -0.2) is 57.1 Å². The van der Waals surface area contributed by atoms with Crippen molar-refractivity contribution in [2.45, 2.75) is 50.0 Å². The highest BCUT2D eigenvalue weighted by molar-refractivity contribution is 8.03. The number of hydrogen-bond donors (Lipinski definition) is 1. The van der Waals surface area contributed by atoms with E-state index in [1.807, 2.05) is 51.9 Å². The van der Waals surface area contributed by atoms with Gasteiger partial charge in [-0.3, -0.25) is 4.55 Å². The Kier molecular flexibility index (Phi) is 11.1. The summed E-state index contributed by atoms with van der Waals surface area (Å²) in [5.41, 5.74) is 7.80. The number of anilines is 2. The third-order valence-electron chi connectivity index (χ3n) is 9.35. The average molecular weight is 819 g/mol. The minimum Gasteiger partial charge on any atom is -0.748 e. The fourth-order valence-electron chi connectivity index (χ4n) is 7.17. The van der Waals surface area contributed by atoms with Crippen molar-refractivity contribution in [2.75, 3.05) is 40.9 Å². The van der Waals surface area contributed by atoms with E-state index in [2.05, 4.69) is 35.3 Å². The summed E-state index contributed by atoms with van der Waals surface area (Å²) < 4.78 is 70.2. The molecular weight excluding hydrogens is 782 g/mol. The Morgan fingerprint density at radius 3 is 2.37 bits per heavy atom. The molecule has 0 atom stereocenters. The molecule has 4 aromatic rings. The van der Waals surface area contributed by atoms with E-state index in [1.165, 1.54) is 28.2 Å². The van der Waals surface area contributed by atoms with Crippen molar-refractivity contribution in [3.63, 3.8) is 0 Å². The fourth-order valence-corrected chi connectivity index (χ4v) is 10.7. The lowest BCUT2D eigenvalue weighted by molar-refractivity contribution is -0.668. The standard InChI is InChI=1S/C37H37Cl2N3O6S4/c38-29-9-11-33-31(23-29)41(15-3-17-51(43,44)45)35(49-33)21-26(8-7-25-19-27-5-1-13-40-14-2-6-28(20-25)37(27)40)22-36-42(16-4-18-52(46,47)48)32-24-30(39)10-12-34(32)50-36/h7-12,19-24H,1-6,13-18H2,(H-,43,44,45,46,47,48). The van der Waals surface area contributed by atoms with Crippen LogP contribution in [0.4, 0.5) is 11.4 Å². The first kappa shape index (κ1) is 37.4. The van der Waals surface area contributed by atoms with Crippen LogP contribution in [0.1, 0.15) is 47.4 Å². The minimum absolute atomic E-state index is 0.143. The van der Waals surface area contributed by atoms with Crippen molar-refractivity contribution in [3.05, 3.63) is 103 Å². The van der Waals surface area contributed by atoms with E-state index >= 15 is 0 Å². The van der Waals surface area contributed by atoms with Crippen molar-refractivity contribution in [2.24, 2.45) is 0 Å². The second-order valence-corrected chi connectivity index (χ2v) is 19.3. The molecule has 3 aliphatic heterocycles. The summed E-state index contributed by atoms with van der Waals surface area (Å²) in [5.74, 6) is -0.854. The molecule has 0 aliphatic carbocycles. The van der Waals surface area contributed by atoms with E-state index < -0.39 is 26.0 Å². The Labute approximate surface area is 322 Å². The van der Waals surface area contributed by atoms with Gasteiger partial charge in [-0.05, 0) is 103 Å². The first-order chi connectivity index (χ1) is 24.8. The van der Waals surface area contributed by atoms with Crippen molar-refractivity contribution in [1.82, 2.24) is 0 Å². The van der Waals surface area contributed by atoms with E-state index in [4.69, 9.17) is 23.2 Å². The Balaban J connectivity index is 1.33. The third kappa shape index (κ3) is 8.90. The molecule has 0 fully saturated rings. The largest absolute Gasteiger partial charge is 0.748 e. The summed E-state index contributed by atoms with van der Waals surface area (Å²) >= 11 is 15.9. The SMILES string of the molecule is O=S(=O)([O-])CCC[n+]1c(/C=C(\C=C2/Sc3ccc(Cl)cc3N2CCCS(=O)(=O)O)/C=C/c2cc3c4c(c2)CCCN4CCC3)sc2ccc(Cl)cc21. The van der Waals surface area contributed by atoms with Crippen molar-refractivity contribution >= 4 is 100 Å². The molecule has 274 valence electrons. The van der Waals surface area contributed by atoms with Gasteiger partial charge in [0.1, 0.15) is 4.70 Å². The van der Waals surface area contributed by atoms with Crippen LogP contribution < -0.4 is 14.4 Å². The highest BCUT2D eigenvalue weighted by atomic mass is 35.5. The first-order valence-electron chi connectivity index (χ1n) is 17.1. The summed E-state index contributed by atoms with van der Waals surface area (Å²) in [6, 6.07) is 15.8. The van der Waals surface area contributed by atoms with Gasteiger partial charge in [-0.25, -0.2) is 8.42 Å². The highest BCUT2D eigenvalue weighted by Crippen LogP contribution is 2.47. The van der Waals surface area contributed by atoms with Gasteiger partial charge in [0.15, 0.2) is 6.54 Å². The Hall–Kier alpha value is -2.88. The summed E-state index contributed by atoms with van der Waals surface area (Å²) in [7, 11) is -8.53. The maximum absolute atomic E-state index is 11.6. The van der Waals surface area contributed by atoms with Crippen LogP contribution in [0.3, 0.4) is 0 Å². The van der Waals surface area contributed by atoms with Gasteiger partial charge in [0.2, 0.25) is 5.52 Å². The van der Waals surface area contributed by atoms with E-state index in [0.717, 1.165) is 80.7 Å². The lowest BCUT2D eigenvalue weighted by Gasteiger charge is -2.37. The minimum atomic E-state index is -4.39. The Morgan fingerprint density at radius 2 is 1.65 bits per heavy atom. The fraction of sp³-hybridized carbons (Fsp3) is 0.324. The molecule has 0 amide bonds. The zero-order valence-electron chi connectivity index (χ0n) is 28.1. The molecule has 3 aliphatic rings. The maximum Gasteiger partial charge on any atom is 0.264 e. The van der Waals surface area contributed by atoms with Gasteiger partial charge in [-0.15, -0.1) is 0 Å². The number of halogens is 2. The monoisotopic (exact) mass is 817 g/mol. The zero-order valence-corrected chi connectivity index (χ0v) is 32.9. The molecule has 0 spiro atoms. The number of nitrogens with zero attached hydrogens (tertiary/aromatic N) is 3. The predicted octanol–water partition coefficient (Wildman–Crippen LogP) is 7.96. The van der Waals surface area contributed by atoms with E-state index in [0.29, 0.717) is 23.1 Å². The normalized spacial score (nSPS) is 17.1. The van der Waals surface area contributed by atoms with Gasteiger partial charge in [-0.1, -0.05) is 58.5 Å². The number of hydrogen-bond acceptors (Lipinski definition) is 9. The molecule has 1 aromatic heterocycles. The van der Waals surface area contributed by atoms with Crippen LogP contribution in [0.15, 0.2) is 76.2 Å². The molecular formula is C37H37Cl2N3O6S4. The second-order valence-electron chi connectivity index (χ2n) is 13.2. The molecule has 0 bridgehead atoms. The molecule has 7 rings (SSSR count). The molecule has 0 saturated heterocycles. The summed E-state index contributed by atoms with van der Waals surface area (Å²) in [4.78, 5) is 5.51. The number of aromatic nitrogens is 1. The van der Waals surface area contributed by atoms with Crippen LogP contribution in [0.2, 0.25) is 10.0 Å². The van der Waals surface area contributed by atoms with Gasteiger partial charge in [-0.2, -0.15) is 13.0 Å². The number of thioether (sulfide) groups is 1. The van der Waals surface area contributed by atoms with E-state index in [9.17, 15) is 25.9 Å². The predicted molar refractivity (Wildman–Crippen MR) is 212 cm³/mol. The molecule has 1 N–H and O–H groups in total. The number of aryl methyl sites for hydroxylation is 3. The van der Waals surface area contributed by atoms with Crippen molar-refractivity contribution < 1.29 is 30.5 Å². The number of allylic oxidation sites excluding steroid dienone is 3. The highest BCUT2D eigenvalue weighted by Gasteiger charge is 2.27. The first-order valence-corrected chi connectivity index (χ1v) is 22.6. The molecule has 3 aromatic carbocycles. The molecule has 4 heterocycles. The van der Waals surface area contributed by atoms with Crippen LogP contribution in [0.25, 0.3) is 22.4 Å². The van der Waals surface area contributed by atoms with Gasteiger partial charge in [0.05, 0.1) is 26.6 Å². The molecule has 0 unspecified atom stereocenters. The Morgan fingerprint density at radius 1 is 0.942 bits per heavy atom. The topological polar surface area (TPSA) is 122 Å². The van der Waals surface area contributed by atoms with E-state index in [1.54, 1.807) is 11.8 Å². The quantitative estimate of drug-likeness (QED) is 0.0863. The van der Waals surface area contributed by atoms with Crippen molar-refractivity contribution in [3.8, 4) is 0 Å². The molecule has 9 nitrogen and oxygen atoms in total. The molecule has 0 saturated carbocycles. The summed E-state index contributed by atoms with van der Waals surface area (Å²) in [6.45, 7) is 2.83. The summed E-state index contributed by atoms with van der Waals surface area (Å²) in [5, 5.41) is 2.79. The molecule has 52 heavy (non-hydrogen) atoms. The van der Waals surface area contributed by atoms with Crippen LogP contribution in [0.5, 0.6) is 0 Å².